The molecule has 1 heteroatoms. The third kappa shape index (κ3) is 2.97. The normalized spacial score (nSPS) is 9.14. The van der Waals surface area contributed by atoms with Crippen LogP contribution in [0.3, 0.4) is 0 Å². The van der Waals surface area contributed by atoms with Gasteiger partial charge in [0.05, 0.1) is 0 Å². The summed E-state index contributed by atoms with van der Waals surface area (Å²) in [6, 6.07) is 18.6. The van der Waals surface area contributed by atoms with E-state index in [4.69, 9.17) is 0 Å². The van der Waals surface area contributed by atoms with Crippen molar-refractivity contribution in [3.05, 3.63) is 67.1 Å². The van der Waals surface area contributed by atoms with Crippen molar-refractivity contribution in [2.75, 3.05) is 0 Å². The quantitative estimate of drug-likeness (QED) is 0.472. The van der Waals surface area contributed by atoms with Crippen molar-refractivity contribution in [1.29, 1.82) is 0 Å². The van der Waals surface area contributed by atoms with Crippen LogP contribution in [0.1, 0.15) is 5.56 Å². The van der Waals surface area contributed by atoms with E-state index >= 15 is 0 Å². The summed E-state index contributed by atoms with van der Waals surface area (Å²) in [6.45, 7) is 3.86. The summed E-state index contributed by atoms with van der Waals surface area (Å²) in [6.07, 6.45) is 0. The third-order valence-electron chi connectivity index (χ3n) is 2.06. The molecular weight excluding hydrogens is 195 g/mol. The molecule has 0 spiro atoms. The van der Waals surface area contributed by atoms with Crippen LogP contribution in [0, 0.1) is 6.92 Å². The Morgan fingerprint density at radius 2 is 1.14 bits per heavy atom. The summed E-state index contributed by atoms with van der Waals surface area (Å²) in [5.41, 5.74) is 3.55. The van der Waals surface area contributed by atoms with Crippen LogP contribution < -0.4 is 51.4 Å². The Bertz CT molecular complexity index is 376. The van der Waals surface area contributed by atoms with Crippen LogP contribution in [-0.2, 0) is 0 Å². The van der Waals surface area contributed by atoms with Crippen LogP contribution >= 0.6 is 0 Å². The fourth-order valence-electron chi connectivity index (χ4n) is 1.33. The van der Waals surface area contributed by atoms with E-state index in [1.807, 2.05) is 30.3 Å². The monoisotopic (exact) mass is 206 g/mol. The molecule has 14 heavy (non-hydrogen) atoms. The van der Waals surface area contributed by atoms with E-state index < -0.39 is 0 Å². The van der Waals surface area contributed by atoms with Crippen LogP contribution in [0.5, 0.6) is 0 Å². The van der Waals surface area contributed by atoms with Gasteiger partial charge in [-0.1, -0.05) is 30.3 Å². The first-order valence-corrected chi connectivity index (χ1v) is 4.34. The SMILES string of the molecule is [CH2-]c1ccc(-c2ccccc2)cc1.[K+]. The summed E-state index contributed by atoms with van der Waals surface area (Å²) in [5, 5.41) is 0. The molecule has 0 aliphatic carbocycles. The first-order valence-electron chi connectivity index (χ1n) is 4.34. The van der Waals surface area contributed by atoms with Crippen molar-refractivity contribution in [2.24, 2.45) is 0 Å². The average Bonchev–Trinajstić information content (AvgIpc) is 2.20. The van der Waals surface area contributed by atoms with E-state index in [0.29, 0.717) is 0 Å². The first-order chi connectivity index (χ1) is 6.36. The molecule has 0 aliphatic heterocycles. The van der Waals surface area contributed by atoms with Gasteiger partial charge in [-0.3, -0.25) is 0 Å². The maximum Gasteiger partial charge on any atom is 1.00 e. The molecule has 0 amide bonds. The van der Waals surface area contributed by atoms with E-state index in [2.05, 4.69) is 31.2 Å². The molecule has 0 atom stereocenters. The second-order valence-corrected chi connectivity index (χ2v) is 3.06. The molecule has 0 aliphatic rings. The van der Waals surface area contributed by atoms with Gasteiger partial charge in [0.2, 0.25) is 0 Å². The van der Waals surface area contributed by atoms with Crippen LogP contribution in [0.2, 0.25) is 0 Å². The molecule has 2 rings (SSSR count). The molecule has 0 bridgehead atoms. The number of benzene rings is 2. The van der Waals surface area contributed by atoms with Gasteiger partial charge in [0.25, 0.3) is 0 Å². The molecule has 0 saturated heterocycles. The van der Waals surface area contributed by atoms with Gasteiger partial charge >= 0.3 is 51.4 Å². The van der Waals surface area contributed by atoms with Crippen LogP contribution in [-0.4, -0.2) is 0 Å². The largest absolute Gasteiger partial charge is 1.00 e. The van der Waals surface area contributed by atoms with Gasteiger partial charge in [-0.25, -0.2) is 0 Å². The molecule has 0 radical (unpaired) electrons. The van der Waals surface area contributed by atoms with Crippen molar-refractivity contribution in [1.82, 2.24) is 0 Å². The summed E-state index contributed by atoms with van der Waals surface area (Å²) in [4.78, 5) is 0. The Morgan fingerprint density at radius 1 is 0.643 bits per heavy atom. The van der Waals surface area contributed by atoms with Crippen molar-refractivity contribution in [3.63, 3.8) is 0 Å². The number of hydrogen-bond acceptors (Lipinski definition) is 0. The number of rotatable bonds is 1. The zero-order valence-electron chi connectivity index (χ0n) is 8.40. The second-order valence-electron chi connectivity index (χ2n) is 3.06. The minimum absolute atomic E-state index is 0. The van der Waals surface area contributed by atoms with Crippen LogP contribution in [0.15, 0.2) is 54.6 Å². The Kier molecular flexibility index (Phi) is 4.92. The van der Waals surface area contributed by atoms with Gasteiger partial charge in [-0.2, -0.15) is 24.6 Å². The summed E-state index contributed by atoms with van der Waals surface area (Å²) in [7, 11) is 0. The molecule has 0 heterocycles. The summed E-state index contributed by atoms with van der Waals surface area (Å²) < 4.78 is 0. The Morgan fingerprint density at radius 3 is 1.71 bits per heavy atom. The predicted molar refractivity (Wildman–Crippen MR) is 56.3 cm³/mol. The molecule has 2 aromatic rings. The second kappa shape index (κ2) is 5.74. The minimum atomic E-state index is 0. The molecule has 64 valence electrons. The third-order valence-corrected chi connectivity index (χ3v) is 2.06. The van der Waals surface area contributed by atoms with Crippen molar-refractivity contribution >= 4 is 0 Å². The molecule has 2 aromatic carbocycles. The molecule has 0 N–H and O–H groups in total. The topological polar surface area (TPSA) is 0 Å². The fraction of sp³-hybridized carbons (Fsp3) is 0. The molecular formula is C13H11K. The maximum atomic E-state index is 3.86. The van der Waals surface area contributed by atoms with E-state index in [0.717, 1.165) is 5.56 Å². The zero-order valence-corrected chi connectivity index (χ0v) is 11.5. The molecule has 0 unspecified atom stereocenters. The first kappa shape index (κ1) is 12.0. The van der Waals surface area contributed by atoms with Gasteiger partial charge in [0, 0.05) is 0 Å². The maximum absolute atomic E-state index is 3.86. The fourth-order valence-corrected chi connectivity index (χ4v) is 1.33. The van der Waals surface area contributed by atoms with Crippen LogP contribution in [0.25, 0.3) is 11.1 Å². The van der Waals surface area contributed by atoms with Crippen molar-refractivity contribution in [3.8, 4) is 11.1 Å². The average molecular weight is 206 g/mol. The summed E-state index contributed by atoms with van der Waals surface area (Å²) >= 11 is 0. The van der Waals surface area contributed by atoms with E-state index in [1.54, 1.807) is 0 Å². The van der Waals surface area contributed by atoms with Gasteiger partial charge in [-0.05, 0) is 11.1 Å². The Labute approximate surface area is 128 Å². The predicted octanol–water partition coefficient (Wildman–Crippen LogP) is 0.540. The van der Waals surface area contributed by atoms with E-state index in [9.17, 15) is 0 Å². The molecule has 0 nitrogen and oxygen atoms in total. The standard InChI is InChI=1S/C13H11.K/c1-11-7-9-13(10-8-11)12-5-3-2-4-6-12;/h2-10H,1H2;/q-1;+1. The van der Waals surface area contributed by atoms with Crippen molar-refractivity contribution < 1.29 is 51.4 Å². The van der Waals surface area contributed by atoms with Crippen LogP contribution in [0.4, 0.5) is 0 Å². The molecule has 0 saturated carbocycles. The van der Waals surface area contributed by atoms with Gasteiger partial charge in [0.15, 0.2) is 0 Å². The van der Waals surface area contributed by atoms with E-state index in [-0.39, 0.29) is 51.4 Å². The minimum Gasteiger partial charge on any atom is -0.199 e. The Hall–Kier alpha value is -0.0536. The molecule has 0 aromatic heterocycles. The van der Waals surface area contributed by atoms with Gasteiger partial charge in [0.1, 0.15) is 0 Å². The zero-order chi connectivity index (χ0) is 9.10. The van der Waals surface area contributed by atoms with Gasteiger partial charge in [-0.15, -0.1) is 12.1 Å². The van der Waals surface area contributed by atoms with Gasteiger partial charge < -0.3 is 0 Å². The van der Waals surface area contributed by atoms with Crippen molar-refractivity contribution in [2.45, 2.75) is 0 Å². The van der Waals surface area contributed by atoms with E-state index in [1.165, 1.54) is 11.1 Å². The smallest absolute Gasteiger partial charge is 0.199 e. The number of hydrogen-bond donors (Lipinski definition) is 0. The Balaban J connectivity index is 0.000000980. The molecule has 0 fully saturated rings. The summed E-state index contributed by atoms with van der Waals surface area (Å²) in [5.74, 6) is 0.